The van der Waals surface area contributed by atoms with Crippen LogP contribution in [0.5, 0.6) is 0 Å². The molecule has 4 nitrogen and oxygen atoms in total. The number of hydrogen-bond acceptors (Lipinski definition) is 4. The monoisotopic (exact) mass is 269 g/mol. The van der Waals surface area contributed by atoms with Crippen molar-refractivity contribution in [3.8, 4) is 0 Å². The molecule has 1 aromatic heterocycles. The summed E-state index contributed by atoms with van der Waals surface area (Å²) in [4.78, 5) is 14.2. The van der Waals surface area contributed by atoms with Crippen LogP contribution in [0.2, 0.25) is 0 Å². The lowest BCUT2D eigenvalue weighted by Gasteiger charge is -2.16. The number of ether oxygens (including phenoxy) is 1. The average molecular weight is 269 g/mol. The number of carbonyl (C=O) groups is 1. The van der Waals surface area contributed by atoms with Crippen molar-refractivity contribution in [1.29, 1.82) is 0 Å². The zero-order valence-corrected chi connectivity index (χ0v) is 11.4. The predicted molar refractivity (Wildman–Crippen MR) is 71.2 cm³/mol. The van der Waals surface area contributed by atoms with Gasteiger partial charge in [-0.25, -0.2) is 0 Å². The molecule has 2 N–H and O–H groups in total. The molecule has 0 aliphatic heterocycles. The molecule has 0 fully saturated rings. The number of methoxy groups -OCH3 is 1. The summed E-state index contributed by atoms with van der Waals surface area (Å²) < 4.78 is 5.03. The number of aryl methyl sites for hydroxylation is 2. The molecule has 1 unspecified atom stereocenters. The Kier molecular flexibility index (Phi) is 4.74. The molecular weight excluding hydrogens is 250 g/mol. The van der Waals surface area contributed by atoms with Gasteiger partial charge in [0.15, 0.2) is 0 Å². The summed E-state index contributed by atoms with van der Waals surface area (Å²) in [5.41, 5.74) is 1.33. The Morgan fingerprint density at radius 2 is 2.44 bits per heavy atom. The maximum Gasteiger partial charge on any atom is 0.261 e. The minimum atomic E-state index is -0.121. The van der Waals surface area contributed by atoms with Gasteiger partial charge in [-0.3, -0.25) is 4.79 Å². The molecule has 18 heavy (non-hydrogen) atoms. The zero-order chi connectivity index (χ0) is 13.0. The van der Waals surface area contributed by atoms with Crippen LogP contribution in [0, 0.1) is 0 Å². The van der Waals surface area contributed by atoms with Crippen LogP contribution in [-0.2, 0) is 17.6 Å². The van der Waals surface area contributed by atoms with E-state index in [9.17, 15) is 4.79 Å². The second-order valence-electron chi connectivity index (χ2n) is 4.55. The van der Waals surface area contributed by atoms with Gasteiger partial charge in [0.05, 0.1) is 17.5 Å². The highest BCUT2D eigenvalue weighted by atomic mass is 32.1. The van der Waals surface area contributed by atoms with E-state index in [1.807, 2.05) is 6.07 Å². The standard InChI is InChI=1S/C13H19NO3S/c1-17-8-10(5-6-15)14-13(16)12-7-9-3-2-4-11(9)18-12/h7,10,15H,2-6,8H2,1H3,(H,14,16). The van der Waals surface area contributed by atoms with Crippen molar-refractivity contribution in [2.45, 2.75) is 31.7 Å². The van der Waals surface area contributed by atoms with Crippen LogP contribution in [0.4, 0.5) is 0 Å². The number of aliphatic hydroxyl groups excluding tert-OH is 1. The third kappa shape index (κ3) is 3.10. The summed E-state index contributed by atoms with van der Waals surface area (Å²) in [6.07, 6.45) is 3.92. The summed E-state index contributed by atoms with van der Waals surface area (Å²) in [6.45, 7) is 0.479. The summed E-state index contributed by atoms with van der Waals surface area (Å²) in [5.74, 6) is -0.0510. The number of fused-ring (bicyclic) bond motifs is 1. The molecule has 0 saturated heterocycles. The van der Waals surface area contributed by atoms with Crippen LogP contribution in [-0.4, -0.2) is 37.4 Å². The molecule has 1 aliphatic rings. The van der Waals surface area contributed by atoms with E-state index in [1.165, 1.54) is 16.9 Å². The second-order valence-corrected chi connectivity index (χ2v) is 5.69. The summed E-state index contributed by atoms with van der Waals surface area (Å²) in [6, 6.07) is 1.88. The number of rotatable bonds is 6. The fraction of sp³-hybridized carbons (Fsp3) is 0.615. The highest BCUT2D eigenvalue weighted by Gasteiger charge is 2.20. The number of nitrogens with one attached hydrogen (secondary N) is 1. The Labute approximate surface area is 111 Å². The molecule has 100 valence electrons. The Morgan fingerprint density at radius 3 is 3.11 bits per heavy atom. The van der Waals surface area contributed by atoms with Gasteiger partial charge in [-0.2, -0.15) is 0 Å². The van der Waals surface area contributed by atoms with Crippen molar-refractivity contribution >= 4 is 17.2 Å². The Balaban J connectivity index is 1.97. The molecule has 0 aromatic carbocycles. The maximum absolute atomic E-state index is 12.1. The zero-order valence-electron chi connectivity index (χ0n) is 10.6. The second kappa shape index (κ2) is 6.31. The van der Waals surface area contributed by atoms with Gasteiger partial charge >= 0.3 is 0 Å². The molecule has 0 radical (unpaired) electrons. The quantitative estimate of drug-likeness (QED) is 0.820. The van der Waals surface area contributed by atoms with Crippen molar-refractivity contribution < 1.29 is 14.6 Å². The van der Waals surface area contributed by atoms with Crippen LogP contribution >= 0.6 is 11.3 Å². The molecule has 0 saturated carbocycles. The molecule has 5 heteroatoms. The minimum Gasteiger partial charge on any atom is -0.396 e. The molecule has 1 heterocycles. The smallest absolute Gasteiger partial charge is 0.261 e. The Bertz CT molecular complexity index is 389. The van der Waals surface area contributed by atoms with E-state index >= 15 is 0 Å². The number of carbonyl (C=O) groups excluding carboxylic acids is 1. The van der Waals surface area contributed by atoms with Gasteiger partial charge in [0.25, 0.3) is 5.91 Å². The third-order valence-electron chi connectivity index (χ3n) is 3.15. The normalized spacial score (nSPS) is 15.4. The third-order valence-corrected chi connectivity index (χ3v) is 4.39. The molecule has 0 spiro atoms. The highest BCUT2D eigenvalue weighted by Crippen LogP contribution is 2.30. The van der Waals surface area contributed by atoms with Gasteiger partial charge in [-0.15, -0.1) is 11.3 Å². The summed E-state index contributed by atoms with van der Waals surface area (Å²) in [5, 5.41) is 11.8. The van der Waals surface area contributed by atoms with Gasteiger partial charge in [0.1, 0.15) is 0 Å². The van der Waals surface area contributed by atoms with Crippen molar-refractivity contribution in [3.05, 3.63) is 21.4 Å². The number of thiophene rings is 1. The van der Waals surface area contributed by atoms with Crippen LogP contribution in [0.1, 0.15) is 33.0 Å². The Hall–Kier alpha value is -0.910. The van der Waals surface area contributed by atoms with Gasteiger partial charge < -0.3 is 15.2 Å². The van der Waals surface area contributed by atoms with Crippen molar-refractivity contribution in [2.24, 2.45) is 0 Å². The minimum absolute atomic E-state index is 0.0508. The Morgan fingerprint density at radius 1 is 1.61 bits per heavy atom. The van der Waals surface area contributed by atoms with E-state index in [4.69, 9.17) is 9.84 Å². The van der Waals surface area contributed by atoms with E-state index in [0.717, 1.165) is 17.7 Å². The average Bonchev–Trinajstić information content (AvgIpc) is 2.89. The fourth-order valence-electron chi connectivity index (χ4n) is 2.25. The summed E-state index contributed by atoms with van der Waals surface area (Å²) in [7, 11) is 1.59. The van der Waals surface area contributed by atoms with Crippen molar-refractivity contribution in [3.63, 3.8) is 0 Å². The maximum atomic E-state index is 12.1. The van der Waals surface area contributed by atoms with Gasteiger partial charge in [0.2, 0.25) is 0 Å². The number of amides is 1. The predicted octanol–water partition coefficient (Wildman–Crippen LogP) is 1.36. The first-order chi connectivity index (χ1) is 8.74. The van der Waals surface area contributed by atoms with Crippen LogP contribution in [0.25, 0.3) is 0 Å². The fourth-order valence-corrected chi connectivity index (χ4v) is 3.41. The van der Waals surface area contributed by atoms with E-state index in [-0.39, 0.29) is 18.6 Å². The first kappa shape index (κ1) is 13.5. The van der Waals surface area contributed by atoms with Gasteiger partial charge in [0, 0.05) is 18.6 Å². The highest BCUT2D eigenvalue weighted by molar-refractivity contribution is 7.14. The molecule has 1 aromatic rings. The first-order valence-electron chi connectivity index (χ1n) is 6.27. The molecule has 1 amide bonds. The molecule has 0 bridgehead atoms. The first-order valence-corrected chi connectivity index (χ1v) is 7.08. The van der Waals surface area contributed by atoms with E-state index in [1.54, 1.807) is 18.4 Å². The molecule has 1 aliphatic carbocycles. The van der Waals surface area contributed by atoms with Gasteiger partial charge in [-0.1, -0.05) is 0 Å². The van der Waals surface area contributed by atoms with E-state index in [0.29, 0.717) is 13.0 Å². The van der Waals surface area contributed by atoms with Crippen molar-refractivity contribution in [2.75, 3.05) is 20.3 Å². The number of hydrogen-bond donors (Lipinski definition) is 2. The largest absolute Gasteiger partial charge is 0.396 e. The van der Waals surface area contributed by atoms with Crippen molar-refractivity contribution in [1.82, 2.24) is 5.32 Å². The molecular formula is C13H19NO3S. The SMILES string of the molecule is COCC(CCO)NC(=O)c1cc2c(s1)CCC2. The lowest BCUT2D eigenvalue weighted by Crippen LogP contribution is -2.38. The van der Waals surface area contributed by atoms with E-state index < -0.39 is 0 Å². The molecule has 1 atom stereocenters. The number of aliphatic hydroxyl groups is 1. The lowest BCUT2D eigenvalue weighted by atomic mass is 10.2. The van der Waals surface area contributed by atoms with Crippen LogP contribution < -0.4 is 5.32 Å². The van der Waals surface area contributed by atoms with Crippen LogP contribution in [0.15, 0.2) is 6.07 Å². The summed E-state index contributed by atoms with van der Waals surface area (Å²) >= 11 is 1.59. The van der Waals surface area contributed by atoms with E-state index in [2.05, 4.69) is 5.32 Å². The lowest BCUT2D eigenvalue weighted by molar-refractivity contribution is 0.0882. The van der Waals surface area contributed by atoms with Crippen LogP contribution in [0.3, 0.4) is 0 Å². The molecule has 2 rings (SSSR count). The topological polar surface area (TPSA) is 58.6 Å². The van der Waals surface area contributed by atoms with Gasteiger partial charge in [-0.05, 0) is 37.3 Å².